The van der Waals surface area contributed by atoms with Crippen molar-refractivity contribution < 1.29 is 0 Å². The fourth-order valence-electron chi connectivity index (χ4n) is 4.59. The van der Waals surface area contributed by atoms with Gasteiger partial charge in [0.1, 0.15) is 0 Å². The average molecular weight is 285 g/mol. The summed E-state index contributed by atoms with van der Waals surface area (Å²) in [6.07, 6.45) is 2.59. The molecule has 4 rings (SSSR count). The first-order valence-corrected chi connectivity index (χ1v) is 8.55. The van der Waals surface area contributed by atoms with E-state index in [1.165, 1.54) is 38.2 Å². The zero-order valence-corrected chi connectivity index (χ0v) is 13.5. The zero-order chi connectivity index (χ0) is 14.6. The number of benzene rings is 1. The fourth-order valence-corrected chi connectivity index (χ4v) is 4.59. The first kappa shape index (κ1) is 13.4. The maximum absolute atomic E-state index is 2.73. The van der Waals surface area contributed by atoms with Gasteiger partial charge in [0.05, 0.1) is 11.4 Å². The molecule has 114 valence electrons. The van der Waals surface area contributed by atoms with E-state index in [-0.39, 0.29) is 0 Å². The number of para-hydroxylation sites is 1. The van der Waals surface area contributed by atoms with Gasteiger partial charge in [0.2, 0.25) is 0 Å². The lowest BCUT2D eigenvalue weighted by molar-refractivity contribution is 0.144. The number of piperidine rings is 1. The molecule has 21 heavy (non-hydrogen) atoms. The van der Waals surface area contributed by atoms with Crippen LogP contribution in [0.2, 0.25) is 0 Å². The standard InChI is InChI=1S/C18H27N3/c1-4-13(2)20-9-8-16-15(12-20)14-6-5-7-17-18(14)21(16)11-10-19(17)3/h5-7,13,15-16H,4,8-12H2,1-3H3. The van der Waals surface area contributed by atoms with Crippen molar-refractivity contribution in [1.29, 1.82) is 0 Å². The van der Waals surface area contributed by atoms with Crippen molar-refractivity contribution in [1.82, 2.24) is 4.90 Å². The van der Waals surface area contributed by atoms with Gasteiger partial charge in [-0.05, 0) is 31.4 Å². The molecule has 1 aromatic rings. The summed E-state index contributed by atoms with van der Waals surface area (Å²) in [5.74, 6) is 0.717. The monoisotopic (exact) mass is 285 g/mol. The summed E-state index contributed by atoms with van der Waals surface area (Å²) in [5.41, 5.74) is 4.60. The highest BCUT2D eigenvalue weighted by Crippen LogP contribution is 2.50. The Balaban J connectivity index is 1.71. The predicted molar refractivity (Wildman–Crippen MR) is 89.5 cm³/mol. The minimum Gasteiger partial charge on any atom is -0.371 e. The van der Waals surface area contributed by atoms with Crippen molar-refractivity contribution >= 4 is 11.4 Å². The number of fused-ring (bicyclic) bond motifs is 3. The lowest BCUT2D eigenvalue weighted by Gasteiger charge is -2.43. The number of anilines is 2. The molecule has 3 unspecified atom stereocenters. The molecule has 3 heterocycles. The van der Waals surface area contributed by atoms with Crippen LogP contribution in [0.1, 0.15) is 38.2 Å². The van der Waals surface area contributed by atoms with Gasteiger partial charge in [0, 0.05) is 51.2 Å². The minimum absolute atomic E-state index is 0.717. The van der Waals surface area contributed by atoms with Gasteiger partial charge in [0.25, 0.3) is 0 Å². The molecule has 3 heteroatoms. The van der Waals surface area contributed by atoms with Crippen molar-refractivity contribution in [3.8, 4) is 0 Å². The lowest BCUT2D eigenvalue weighted by Crippen LogP contribution is -2.50. The highest BCUT2D eigenvalue weighted by atomic mass is 15.3. The van der Waals surface area contributed by atoms with Gasteiger partial charge in [-0.15, -0.1) is 0 Å². The third kappa shape index (κ3) is 1.90. The van der Waals surface area contributed by atoms with Crippen LogP contribution in [-0.4, -0.2) is 50.2 Å². The molecule has 0 aromatic heterocycles. The molecule has 3 nitrogen and oxygen atoms in total. The Morgan fingerprint density at radius 2 is 2.10 bits per heavy atom. The Bertz CT molecular complexity index is 541. The van der Waals surface area contributed by atoms with E-state index in [9.17, 15) is 0 Å². The van der Waals surface area contributed by atoms with E-state index in [1.54, 1.807) is 11.3 Å². The number of hydrogen-bond acceptors (Lipinski definition) is 3. The molecule has 1 aromatic carbocycles. The lowest BCUT2D eigenvalue weighted by atomic mass is 9.88. The van der Waals surface area contributed by atoms with Crippen molar-refractivity contribution in [3.05, 3.63) is 23.8 Å². The van der Waals surface area contributed by atoms with Gasteiger partial charge in [0.15, 0.2) is 0 Å². The third-order valence-electron chi connectivity index (χ3n) is 6.04. The summed E-state index contributed by atoms with van der Waals surface area (Å²) in [6.45, 7) is 9.57. The normalized spacial score (nSPS) is 29.3. The molecule has 0 amide bonds. The molecular weight excluding hydrogens is 258 g/mol. The first-order chi connectivity index (χ1) is 10.2. The van der Waals surface area contributed by atoms with Crippen LogP contribution < -0.4 is 9.80 Å². The van der Waals surface area contributed by atoms with Gasteiger partial charge in [-0.1, -0.05) is 19.1 Å². The second kappa shape index (κ2) is 4.91. The molecule has 1 saturated heterocycles. The number of nitrogens with zero attached hydrogens (tertiary/aromatic N) is 3. The maximum Gasteiger partial charge on any atom is 0.0644 e. The highest BCUT2D eigenvalue weighted by molar-refractivity contribution is 5.80. The summed E-state index contributed by atoms with van der Waals surface area (Å²) in [5, 5.41) is 0. The average Bonchev–Trinajstić information content (AvgIpc) is 2.85. The van der Waals surface area contributed by atoms with E-state index in [1.807, 2.05) is 0 Å². The zero-order valence-electron chi connectivity index (χ0n) is 13.5. The first-order valence-electron chi connectivity index (χ1n) is 8.55. The fraction of sp³-hybridized carbons (Fsp3) is 0.667. The van der Waals surface area contributed by atoms with Crippen molar-refractivity contribution in [3.63, 3.8) is 0 Å². The van der Waals surface area contributed by atoms with Gasteiger partial charge < -0.3 is 9.80 Å². The molecule has 0 saturated carbocycles. The van der Waals surface area contributed by atoms with Gasteiger partial charge in [-0.2, -0.15) is 0 Å². The smallest absolute Gasteiger partial charge is 0.0644 e. The molecular formula is C18H27N3. The molecule has 3 aliphatic rings. The van der Waals surface area contributed by atoms with Crippen LogP contribution in [0.25, 0.3) is 0 Å². The quantitative estimate of drug-likeness (QED) is 0.827. The molecule has 0 radical (unpaired) electrons. The van der Waals surface area contributed by atoms with Crippen LogP contribution >= 0.6 is 0 Å². The number of likely N-dealkylation sites (N-methyl/N-ethyl adjacent to an activating group) is 1. The summed E-state index contributed by atoms with van der Waals surface area (Å²) < 4.78 is 0. The number of likely N-dealkylation sites (tertiary alicyclic amines) is 1. The number of rotatable bonds is 2. The summed E-state index contributed by atoms with van der Waals surface area (Å²) in [4.78, 5) is 7.87. The molecule has 3 atom stereocenters. The Labute approximate surface area is 128 Å². The van der Waals surface area contributed by atoms with E-state index in [0.717, 1.165) is 18.6 Å². The van der Waals surface area contributed by atoms with E-state index in [2.05, 4.69) is 53.8 Å². The Morgan fingerprint density at radius 1 is 1.24 bits per heavy atom. The molecule has 0 N–H and O–H groups in total. The predicted octanol–water partition coefficient (Wildman–Crippen LogP) is 2.91. The van der Waals surface area contributed by atoms with Crippen LogP contribution in [0.3, 0.4) is 0 Å². The Kier molecular flexibility index (Phi) is 3.14. The van der Waals surface area contributed by atoms with Crippen LogP contribution in [0.15, 0.2) is 18.2 Å². The van der Waals surface area contributed by atoms with Crippen LogP contribution in [0.4, 0.5) is 11.4 Å². The van der Waals surface area contributed by atoms with E-state index in [4.69, 9.17) is 0 Å². The topological polar surface area (TPSA) is 9.72 Å². The van der Waals surface area contributed by atoms with E-state index >= 15 is 0 Å². The minimum atomic E-state index is 0.717. The van der Waals surface area contributed by atoms with Crippen molar-refractivity contribution in [2.45, 2.75) is 44.7 Å². The molecule has 0 spiro atoms. The van der Waals surface area contributed by atoms with E-state index in [0.29, 0.717) is 5.92 Å². The van der Waals surface area contributed by atoms with Gasteiger partial charge in [-0.25, -0.2) is 0 Å². The highest BCUT2D eigenvalue weighted by Gasteiger charge is 2.44. The summed E-state index contributed by atoms with van der Waals surface area (Å²) in [6, 6.07) is 8.41. The summed E-state index contributed by atoms with van der Waals surface area (Å²) in [7, 11) is 2.24. The molecule has 1 fully saturated rings. The Hall–Kier alpha value is -1.22. The van der Waals surface area contributed by atoms with Crippen LogP contribution in [0, 0.1) is 0 Å². The Morgan fingerprint density at radius 3 is 2.90 bits per heavy atom. The largest absolute Gasteiger partial charge is 0.371 e. The maximum atomic E-state index is 2.73. The summed E-state index contributed by atoms with van der Waals surface area (Å²) >= 11 is 0. The molecule has 0 bridgehead atoms. The van der Waals surface area contributed by atoms with Gasteiger partial charge in [-0.3, -0.25) is 4.90 Å². The van der Waals surface area contributed by atoms with Crippen molar-refractivity contribution in [2.75, 3.05) is 43.0 Å². The van der Waals surface area contributed by atoms with Gasteiger partial charge >= 0.3 is 0 Å². The molecule has 0 aliphatic carbocycles. The van der Waals surface area contributed by atoms with E-state index < -0.39 is 0 Å². The molecule has 3 aliphatic heterocycles. The second-order valence-corrected chi connectivity index (χ2v) is 7.04. The number of hydrogen-bond donors (Lipinski definition) is 0. The second-order valence-electron chi connectivity index (χ2n) is 7.04. The third-order valence-corrected chi connectivity index (χ3v) is 6.04. The SMILES string of the molecule is CCC(C)N1CCC2C(C1)c1cccc3c1N2CCN3C. The van der Waals surface area contributed by atoms with Crippen LogP contribution in [0.5, 0.6) is 0 Å². The van der Waals surface area contributed by atoms with Crippen molar-refractivity contribution in [2.24, 2.45) is 0 Å². The van der Waals surface area contributed by atoms with Crippen LogP contribution in [-0.2, 0) is 0 Å².